The predicted octanol–water partition coefficient (Wildman–Crippen LogP) is 3.08. The van der Waals surface area contributed by atoms with Crippen molar-refractivity contribution in [2.24, 2.45) is 0 Å². The molecule has 5 nitrogen and oxygen atoms in total. The van der Waals surface area contributed by atoms with E-state index in [-0.39, 0.29) is 12.2 Å². The highest BCUT2D eigenvalue weighted by Crippen LogP contribution is 2.24. The van der Waals surface area contributed by atoms with E-state index in [0.29, 0.717) is 21.8 Å². The number of benzene rings is 2. The molecule has 112 valence electrons. The molecular weight excluding hydrogens is 308 g/mol. The van der Waals surface area contributed by atoms with Gasteiger partial charge in [-0.1, -0.05) is 41.7 Å². The molecule has 0 atom stereocenters. The molecule has 0 saturated heterocycles. The van der Waals surface area contributed by atoms with Gasteiger partial charge in [-0.25, -0.2) is 0 Å². The molecule has 0 aliphatic carbocycles. The van der Waals surface area contributed by atoms with Crippen LogP contribution in [-0.4, -0.2) is 16.0 Å². The number of aromatic nitrogens is 2. The number of hydrogen-bond donors (Lipinski definition) is 1. The number of Topliss-reactive ketones (excluding diaryl/α,β-unsaturated/α-hetero) is 1. The van der Waals surface area contributed by atoms with E-state index in [1.54, 1.807) is 12.1 Å². The number of ketones is 1. The van der Waals surface area contributed by atoms with Crippen molar-refractivity contribution in [1.82, 2.24) is 10.2 Å². The molecule has 0 saturated carbocycles. The summed E-state index contributed by atoms with van der Waals surface area (Å²) >= 11 is 1.39. The van der Waals surface area contributed by atoms with Crippen LogP contribution in [0.3, 0.4) is 0 Å². The van der Waals surface area contributed by atoms with Crippen molar-refractivity contribution in [1.29, 1.82) is 5.26 Å². The van der Waals surface area contributed by atoms with Gasteiger partial charge in [0.1, 0.15) is 16.1 Å². The van der Waals surface area contributed by atoms with E-state index in [1.807, 2.05) is 36.4 Å². The van der Waals surface area contributed by atoms with Crippen LogP contribution in [0.15, 0.2) is 48.5 Å². The van der Waals surface area contributed by atoms with E-state index in [0.717, 1.165) is 10.6 Å². The maximum absolute atomic E-state index is 12.3. The zero-order chi connectivity index (χ0) is 16.2. The minimum atomic E-state index is -0.100. The third-order valence-electron chi connectivity index (χ3n) is 3.29. The van der Waals surface area contributed by atoms with Crippen molar-refractivity contribution < 1.29 is 4.79 Å². The molecule has 0 aliphatic rings. The average Bonchev–Trinajstić information content (AvgIpc) is 3.04. The minimum absolute atomic E-state index is 0.100. The molecule has 1 heterocycles. The number of nitrogens with zero attached hydrogens (tertiary/aromatic N) is 3. The molecule has 0 aliphatic heterocycles. The number of hydrogen-bond acceptors (Lipinski definition) is 6. The standard InChI is InChI=1S/C17H12N4OS/c18-10-13-7-6-12(8-14(13)19)15(22)9-16-20-21-17(23-16)11-4-2-1-3-5-11/h1-8H,9,19H2. The van der Waals surface area contributed by atoms with Gasteiger partial charge in [-0.3, -0.25) is 4.79 Å². The summed E-state index contributed by atoms with van der Waals surface area (Å²) in [6.45, 7) is 0. The monoisotopic (exact) mass is 320 g/mol. The number of carbonyl (C=O) groups excluding carboxylic acids is 1. The molecule has 0 radical (unpaired) electrons. The van der Waals surface area contributed by atoms with Gasteiger partial charge < -0.3 is 5.73 Å². The molecule has 0 bridgehead atoms. The first-order valence-electron chi connectivity index (χ1n) is 6.88. The molecule has 23 heavy (non-hydrogen) atoms. The third-order valence-corrected chi connectivity index (χ3v) is 4.27. The molecule has 3 aromatic rings. The van der Waals surface area contributed by atoms with Crippen LogP contribution >= 0.6 is 11.3 Å². The maximum Gasteiger partial charge on any atom is 0.169 e. The zero-order valence-electron chi connectivity index (χ0n) is 12.1. The van der Waals surface area contributed by atoms with Gasteiger partial charge in [0.2, 0.25) is 0 Å². The second-order valence-corrected chi connectivity index (χ2v) is 5.94. The minimum Gasteiger partial charge on any atom is -0.398 e. The van der Waals surface area contributed by atoms with Crippen LogP contribution in [0.4, 0.5) is 5.69 Å². The van der Waals surface area contributed by atoms with Gasteiger partial charge >= 0.3 is 0 Å². The molecule has 0 amide bonds. The highest BCUT2D eigenvalue weighted by Gasteiger charge is 2.13. The van der Waals surface area contributed by atoms with Crippen LogP contribution in [0.1, 0.15) is 20.9 Å². The Morgan fingerprint density at radius 2 is 1.96 bits per heavy atom. The van der Waals surface area contributed by atoms with Crippen LogP contribution < -0.4 is 5.73 Å². The molecule has 0 spiro atoms. The highest BCUT2D eigenvalue weighted by molar-refractivity contribution is 7.14. The first kappa shape index (κ1) is 14.9. The van der Waals surface area contributed by atoms with Crippen molar-refractivity contribution in [3.05, 3.63) is 64.7 Å². The number of carbonyl (C=O) groups is 1. The van der Waals surface area contributed by atoms with E-state index in [2.05, 4.69) is 10.2 Å². The molecule has 2 N–H and O–H groups in total. The summed E-state index contributed by atoms with van der Waals surface area (Å²) in [5, 5.41) is 18.5. The fourth-order valence-electron chi connectivity index (χ4n) is 2.10. The van der Waals surface area contributed by atoms with Crippen molar-refractivity contribution in [3.8, 4) is 16.6 Å². The summed E-state index contributed by atoms with van der Waals surface area (Å²) in [6.07, 6.45) is 0.163. The van der Waals surface area contributed by atoms with Gasteiger partial charge in [-0.05, 0) is 18.2 Å². The second kappa shape index (κ2) is 6.38. The molecule has 1 aromatic heterocycles. The van der Waals surface area contributed by atoms with E-state index in [1.165, 1.54) is 17.4 Å². The molecule has 0 fully saturated rings. The van der Waals surface area contributed by atoms with Gasteiger partial charge in [-0.15, -0.1) is 10.2 Å². The average molecular weight is 320 g/mol. The van der Waals surface area contributed by atoms with Crippen LogP contribution in [0.25, 0.3) is 10.6 Å². The maximum atomic E-state index is 12.3. The van der Waals surface area contributed by atoms with Gasteiger partial charge in [-0.2, -0.15) is 5.26 Å². The summed E-state index contributed by atoms with van der Waals surface area (Å²) in [5.74, 6) is -0.100. The fourth-order valence-corrected chi connectivity index (χ4v) is 2.94. The lowest BCUT2D eigenvalue weighted by Gasteiger charge is -2.01. The van der Waals surface area contributed by atoms with E-state index in [9.17, 15) is 4.79 Å². The fraction of sp³-hybridized carbons (Fsp3) is 0.0588. The number of nitrogen functional groups attached to an aromatic ring is 1. The van der Waals surface area contributed by atoms with Gasteiger partial charge in [0.25, 0.3) is 0 Å². The van der Waals surface area contributed by atoms with Crippen molar-refractivity contribution >= 4 is 22.8 Å². The Morgan fingerprint density at radius 1 is 1.17 bits per heavy atom. The Hall–Kier alpha value is -3.04. The molecule has 0 unspecified atom stereocenters. The first-order chi connectivity index (χ1) is 11.2. The Bertz CT molecular complexity index is 896. The third kappa shape index (κ3) is 3.25. The molecule has 2 aromatic carbocycles. The van der Waals surface area contributed by atoms with Crippen LogP contribution in [0.2, 0.25) is 0 Å². The largest absolute Gasteiger partial charge is 0.398 e. The van der Waals surface area contributed by atoms with Crippen LogP contribution in [0, 0.1) is 11.3 Å². The summed E-state index contributed by atoms with van der Waals surface area (Å²) in [4.78, 5) is 12.3. The molecule has 6 heteroatoms. The van der Waals surface area contributed by atoms with Gasteiger partial charge in [0, 0.05) is 11.1 Å². The van der Waals surface area contributed by atoms with E-state index in [4.69, 9.17) is 11.0 Å². The smallest absolute Gasteiger partial charge is 0.169 e. The molecular formula is C17H12N4OS. The zero-order valence-corrected chi connectivity index (χ0v) is 12.9. The van der Waals surface area contributed by atoms with Gasteiger partial charge in [0.05, 0.1) is 17.7 Å². The van der Waals surface area contributed by atoms with Crippen molar-refractivity contribution in [2.45, 2.75) is 6.42 Å². The lowest BCUT2D eigenvalue weighted by molar-refractivity contribution is 0.0992. The lowest BCUT2D eigenvalue weighted by Crippen LogP contribution is -2.04. The second-order valence-electron chi connectivity index (χ2n) is 4.88. The SMILES string of the molecule is N#Cc1ccc(C(=O)Cc2nnc(-c3ccccc3)s2)cc1N. The van der Waals surface area contributed by atoms with Crippen molar-refractivity contribution in [2.75, 3.05) is 5.73 Å². The Morgan fingerprint density at radius 3 is 2.65 bits per heavy atom. The van der Waals surface area contributed by atoms with E-state index >= 15 is 0 Å². The molecule has 3 rings (SSSR count). The summed E-state index contributed by atoms with van der Waals surface area (Å²) in [7, 11) is 0. The van der Waals surface area contributed by atoms with Crippen LogP contribution in [0.5, 0.6) is 0 Å². The van der Waals surface area contributed by atoms with E-state index < -0.39 is 0 Å². The quantitative estimate of drug-likeness (QED) is 0.589. The Labute approximate surface area is 137 Å². The first-order valence-corrected chi connectivity index (χ1v) is 7.69. The number of nitriles is 1. The number of anilines is 1. The van der Waals surface area contributed by atoms with Crippen LogP contribution in [-0.2, 0) is 6.42 Å². The normalized spacial score (nSPS) is 10.2. The van der Waals surface area contributed by atoms with Crippen molar-refractivity contribution in [3.63, 3.8) is 0 Å². The lowest BCUT2D eigenvalue weighted by atomic mass is 10.1. The number of rotatable bonds is 4. The Balaban J connectivity index is 1.78. The Kier molecular flexibility index (Phi) is 4.13. The summed E-state index contributed by atoms with van der Waals surface area (Å²) in [6, 6.07) is 16.4. The van der Waals surface area contributed by atoms with Gasteiger partial charge in [0.15, 0.2) is 5.78 Å². The predicted molar refractivity (Wildman–Crippen MR) is 88.9 cm³/mol. The highest BCUT2D eigenvalue weighted by atomic mass is 32.1. The summed E-state index contributed by atoms with van der Waals surface area (Å²) < 4.78 is 0. The summed E-state index contributed by atoms with van der Waals surface area (Å²) in [5.41, 5.74) is 7.86. The topological polar surface area (TPSA) is 92.7 Å². The number of nitrogens with two attached hydrogens (primary N) is 1.